The van der Waals surface area contributed by atoms with E-state index in [4.69, 9.17) is 28.6 Å². The average molecular weight is 377 g/mol. The van der Waals surface area contributed by atoms with Crippen LogP contribution in [0.5, 0.6) is 5.75 Å². The van der Waals surface area contributed by atoms with Crippen LogP contribution in [0.1, 0.15) is 5.69 Å². The monoisotopic (exact) mass is 376 g/mol. The number of nitrogens with zero attached hydrogens (tertiary/aromatic N) is 3. The number of methoxy groups -OCH3 is 1. The van der Waals surface area contributed by atoms with Gasteiger partial charge in [0, 0.05) is 43.9 Å². The lowest BCUT2D eigenvalue weighted by atomic mass is 10.2. The number of thiocarbonyl (C=S) groups is 1. The Labute approximate surface area is 158 Å². The third-order valence-corrected chi connectivity index (χ3v) is 4.77. The van der Waals surface area contributed by atoms with Gasteiger partial charge < -0.3 is 15.0 Å². The highest BCUT2D eigenvalue weighted by Crippen LogP contribution is 2.28. The van der Waals surface area contributed by atoms with Crippen LogP contribution in [0.25, 0.3) is 0 Å². The van der Waals surface area contributed by atoms with Gasteiger partial charge in [-0.15, -0.1) is 0 Å². The van der Waals surface area contributed by atoms with Crippen molar-refractivity contribution in [3.63, 3.8) is 0 Å². The third kappa shape index (κ3) is 4.81. The maximum atomic E-state index is 6.07. The highest BCUT2D eigenvalue weighted by molar-refractivity contribution is 7.80. The maximum Gasteiger partial charge on any atom is 0.173 e. The summed E-state index contributed by atoms with van der Waals surface area (Å²) in [6, 6.07) is 11.5. The van der Waals surface area contributed by atoms with Crippen molar-refractivity contribution in [2.45, 2.75) is 6.54 Å². The molecule has 0 amide bonds. The van der Waals surface area contributed by atoms with E-state index in [2.05, 4.69) is 26.2 Å². The molecule has 0 atom stereocenters. The van der Waals surface area contributed by atoms with Crippen molar-refractivity contribution in [1.82, 2.24) is 14.8 Å². The van der Waals surface area contributed by atoms with Crippen molar-refractivity contribution in [3.8, 4) is 5.75 Å². The molecule has 1 fully saturated rings. The van der Waals surface area contributed by atoms with Gasteiger partial charge in [0.25, 0.3) is 0 Å². The SMILES string of the molecule is COc1ccc(Cl)cc1NC(=S)N1CCN(Cc2ccccn2)CC1. The van der Waals surface area contributed by atoms with Gasteiger partial charge in [-0.2, -0.15) is 0 Å². The molecule has 0 unspecified atom stereocenters. The second kappa shape index (κ2) is 8.47. The molecule has 0 aliphatic carbocycles. The molecule has 2 aromatic rings. The number of ether oxygens (including phenoxy) is 1. The minimum absolute atomic E-state index is 0.645. The lowest BCUT2D eigenvalue weighted by Gasteiger charge is -2.36. The van der Waals surface area contributed by atoms with Gasteiger partial charge in [0.15, 0.2) is 5.11 Å². The molecule has 3 rings (SSSR count). The number of anilines is 1. The number of pyridine rings is 1. The highest BCUT2D eigenvalue weighted by Gasteiger charge is 2.20. The molecular formula is C18H21ClN4OS. The van der Waals surface area contributed by atoms with E-state index >= 15 is 0 Å². The van der Waals surface area contributed by atoms with Crippen LogP contribution in [0.15, 0.2) is 42.6 Å². The molecule has 5 nitrogen and oxygen atoms in total. The van der Waals surface area contributed by atoms with Crippen molar-refractivity contribution >= 4 is 34.6 Å². The van der Waals surface area contributed by atoms with Gasteiger partial charge >= 0.3 is 0 Å². The fourth-order valence-electron chi connectivity index (χ4n) is 2.80. The van der Waals surface area contributed by atoms with Crippen molar-refractivity contribution in [2.24, 2.45) is 0 Å². The Hall–Kier alpha value is -1.89. The fourth-order valence-corrected chi connectivity index (χ4v) is 3.27. The van der Waals surface area contributed by atoms with E-state index in [1.54, 1.807) is 13.2 Å². The maximum absolute atomic E-state index is 6.07. The Kier molecular flexibility index (Phi) is 6.07. The summed E-state index contributed by atoms with van der Waals surface area (Å²) >= 11 is 11.6. The first-order valence-electron chi connectivity index (χ1n) is 8.17. The summed E-state index contributed by atoms with van der Waals surface area (Å²) in [6.07, 6.45) is 1.84. The van der Waals surface area contributed by atoms with Gasteiger partial charge in [-0.1, -0.05) is 17.7 Å². The van der Waals surface area contributed by atoms with Gasteiger partial charge in [0.05, 0.1) is 18.5 Å². The van der Waals surface area contributed by atoms with Crippen LogP contribution in [-0.4, -0.2) is 53.2 Å². The summed E-state index contributed by atoms with van der Waals surface area (Å²) in [5.41, 5.74) is 1.89. The van der Waals surface area contributed by atoms with Crippen molar-refractivity contribution < 1.29 is 4.74 Å². The van der Waals surface area contributed by atoms with Crippen molar-refractivity contribution in [2.75, 3.05) is 38.6 Å². The number of benzene rings is 1. The number of aromatic nitrogens is 1. The molecule has 0 saturated carbocycles. The van der Waals surface area contributed by atoms with Crippen molar-refractivity contribution in [1.29, 1.82) is 0 Å². The predicted molar refractivity (Wildman–Crippen MR) is 105 cm³/mol. The van der Waals surface area contributed by atoms with E-state index in [1.807, 2.05) is 30.5 Å². The van der Waals surface area contributed by atoms with Crippen LogP contribution in [-0.2, 0) is 6.54 Å². The van der Waals surface area contributed by atoms with Crippen molar-refractivity contribution in [3.05, 3.63) is 53.3 Å². The lowest BCUT2D eigenvalue weighted by molar-refractivity contribution is 0.175. The Balaban J connectivity index is 1.54. The van der Waals surface area contributed by atoms with Gasteiger partial charge in [-0.3, -0.25) is 9.88 Å². The molecule has 1 aliphatic heterocycles. The molecule has 7 heteroatoms. The van der Waals surface area contributed by atoms with Crippen LogP contribution in [0.3, 0.4) is 0 Å². The first-order chi connectivity index (χ1) is 12.2. The molecule has 2 heterocycles. The summed E-state index contributed by atoms with van der Waals surface area (Å²) in [6.45, 7) is 4.52. The smallest absolute Gasteiger partial charge is 0.173 e. The molecule has 0 bridgehead atoms. The molecule has 1 aliphatic rings. The van der Waals surface area contributed by atoms with Crippen LogP contribution in [0, 0.1) is 0 Å². The summed E-state index contributed by atoms with van der Waals surface area (Å²) in [7, 11) is 1.63. The molecule has 132 valence electrons. The average Bonchev–Trinajstić information content (AvgIpc) is 2.63. The van der Waals surface area contributed by atoms with E-state index in [0.717, 1.165) is 49.9 Å². The summed E-state index contributed by atoms with van der Waals surface area (Å²) < 4.78 is 5.36. The summed E-state index contributed by atoms with van der Waals surface area (Å²) in [5.74, 6) is 0.723. The van der Waals surface area contributed by atoms with E-state index < -0.39 is 0 Å². The number of hydrogen-bond acceptors (Lipinski definition) is 4. The molecule has 25 heavy (non-hydrogen) atoms. The first kappa shape index (κ1) is 17.9. The third-order valence-electron chi connectivity index (χ3n) is 4.17. The minimum Gasteiger partial charge on any atom is -0.495 e. The van der Waals surface area contributed by atoms with E-state index in [0.29, 0.717) is 10.1 Å². The molecule has 1 N–H and O–H groups in total. The largest absolute Gasteiger partial charge is 0.495 e. The topological polar surface area (TPSA) is 40.6 Å². The second-order valence-corrected chi connectivity index (χ2v) is 6.68. The van der Waals surface area contributed by atoms with Gasteiger partial charge in [-0.25, -0.2) is 0 Å². The fraction of sp³-hybridized carbons (Fsp3) is 0.333. The standard InChI is InChI=1S/C18H21ClN4OS/c1-24-17-6-5-14(19)12-16(17)21-18(25)23-10-8-22(9-11-23)13-15-4-2-3-7-20-15/h2-7,12H,8-11,13H2,1H3,(H,21,25). The van der Waals surface area contributed by atoms with Gasteiger partial charge in [0.1, 0.15) is 5.75 Å². The minimum atomic E-state index is 0.645. The number of halogens is 1. The zero-order valence-corrected chi connectivity index (χ0v) is 15.7. The highest BCUT2D eigenvalue weighted by atomic mass is 35.5. The molecular weight excluding hydrogens is 356 g/mol. The first-order valence-corrected chi connectivity index (χ1v) is 8.96. The van der Waals surface area contributed by atoms with Crippen LogP contribution in [0.2, 0.25) is 5.02 Å². The Bertz CT molecular complexity index is 720. The quantitative estimate of drug-likeness (QED) is 0.826. The second-order valence-electron chi connectivity index (χ2n) is 5.86. The van der Waals surface area contributed by atoms with E-state index in [9.17, 15) is 0 Å². The lowest BCUT2D eigenvalue weighted by Crippen LogP contribution is -2.49. The van der Waals surface area contributed by atoms with E-state index in [1.165, 1.54) is 0 Å². The van der Waals surface area contributed by atoms with Crippen LogP contribution < -0.4 is 10.1 Å². The Morgan fingerprint density at radius 1 is 1.24 bits per heavy atom. The Morgan fingerprint density at radius 2 is 2.04 bits per heavy atom. The number of nitrogens with one attached hydrogen (secondary N) is 1. The zero-order valence-electron chi connectivity index (χ0n) is 14.1. The Morgan fingerprint density at radius 3 is 2.72 bits per heavy atom. The van der Waals surface area contributed by atoms with Gasteiger partial charge in [0.2, 0.25) is 0 Å². The normalized spacial score (nSPS) is 15.0. The summed E-state index contributed by atoms with van der Waals surface area (Å²) in [5, 5.41) is 4.59. The molecule has 0 radical (unpaired) electrons. The van der Waals surface area contributed by atoms with E-state index in [-0.39, 0.29) is 0 Å². The number of hydrogen-bond donors (Lipinski definition) is 1. The molecule has 0 spiro atoms. The summed E-state index contributed by atoms with van der Waals surface area (Å²) in [4.78, 5) is 8.95. The van der Waals surface area contributed by atoms with Gasteiger partial charge in [-0.05, 0) is 42.5 Å². The zero-order chi connectivity index (χ0) is 17.6. The molecule has 1 saturated heterocycles. The van der Waals surface area contributed by atoms with Crippen LogP contribution >= 0.6 is 23.8 Å². The predicted octanol–water partition coefficient (Wildman–Crippen LogP) is 3.26. The number of rotatable bonds is 4. The number of piperazine rings is 1. The molecule has 1 aromatic heterocycles. The molecule has 1 aromatic carbocycles. The van der Waals surface area contributed by atoms with Crippen LogP contribution in [0.4, 0.5) is 5.69 Å².